The molecule has 0 saturated heterocycles. The Bertz CT molecular complexity index is 135. The topological polar surface area (TPSA) is 49.5 Å². The van der Waals surface area contributed by atoms with Crippen molar-refractivity contribution in [2.45, 2.75) is 44.2 Å². The third-order valence-corrected chi connectivity index (χ3v) is 2.97. The van der Waals surface area contributed by atoms with Crippen LogP contribution in [0.25, 0.3) is 0 Å². The molecule has 0 bridgehead atoms. The van der Waals surface area contributed by atoms with E-state index in [-0.39, 0.29) is 12.6 Å². The van der Waals surface area contributed by atoms with E-state index in [0.717, 1.165) is 19.0 Å². The van der Waals surface area contributed by atoms with Gasteiger partial charge >= 0.3 is 0 Å². The second kappa shape index (κ2) is 5.58. The van der Waals surface area contributed by atoms with E-state index < -0.39 is 0 Å². The molecule has 3 heteroatoms. The first-order valence-electron chi connectivity index (χ1n) is 5.30. The van der Waals surface area contributed by atoms with Crippen molar-refractivity contribution in [2.24, 2.45) is 5.73 Å². The number of rotatable bonds is 5. The number of aliphatic hydroxyl groups is 1. The molecular weight excluding hydrogens is 164 g/mol. The Morgan fingerprint density at radius 1 is 1.46 bits per heavy atom. The highest BCUT2D eigenvalue weighted by Crippen LogP contribution is 2.22. The van der Waals surface area contributed by atoms with Crippen LogP contribution in [-0.2, 0) is 0 Å². The van der Waals surface area contributed by atoms with Crippen LogP contribution in [0.5, 0.6) is 0 Å². The minimum absolute atomic E-state index is 0.135. The van der Waals surface area contributed by atoms with E-state index in [1.165, 1.54) is 25.7 Å². The molecule has 3 nitrogen and oxygen atoms in total. The van der Waals surface area contributed by atoms with Crippen LogP contribution in [0.1, 0.15) is 32.1 Å². The number of nitrogens with two attached hydrogens (primary N) is 1. The Morgan fingerprint density at radius 3 is 2.62 bits per heavy atom. The summed E-state index contributed by atoms with van der Waals surface area (Å²) in [5, 5.41) is 8.72. The molecule has 78 valence electrons. The zero-order valence-electron chi connectivity index (χ0n) is 8.58. The van der Waals surface area contributed by atoms with Gasteiger partial charge in [0.05, 0.1) is 0 Å². The lowest BCUT2D eigenvalue weighted by Crippen LogP contribution is -2.40. The number of nitrogens with zero attached hydrogens (tertiary/aromatic N) is 1. The summed E-state index contributed by atoms with van der Waals surface area (Å²) in [5.41, 5.74) is 5.85. The van der Waals surface area contributed by atoms with E-state index in [1.807, 2.05) is 0 Å². The summed E-state index contributed by atoms with van der Waals surface area (Å²) >= 11 is 0. The van der Waals surface area contributed by atoms with Gasteiger partial charge in [-0.1, -0.05) is 12.8 Å². The van der Waals surface area contributed by atoms with Crippen molar-refractivity contribution in [3.8, 4) is 0 Å². The van der Waals surface area contributed by atoms with Gasteiger partial charge in [-0.15, -0.1) is 0 Å². The van der Waals surface area contributed by atoms with Crippen LogP contribution in [0.15, 0.2) is 0 Å². The Labute approximate surface area is 80.9 Å². The van der Waals surface area contributed by atoms with Crippen molar-refractivity contribution in [3.05, 3.63) is 0 Å². The largest absolute Gasteiger partial charge is 0.396 e. The summed E-state index contributed by atoms with van der Waals surface area (Å²) in [7, 11) is 2.15. The summed E-state index contributed by atoms with van der Waals surface area (Å²) < 4.78 is 0. The first kappa shape index (κ1) is 11.0. The second-order valence-corrected chi connectivity index (χ2v) is 4.15. The average molecular weight is 186 g/mol. The third kappa shape index (κ3) is 3.63. The molecule has 1 saturated carbocycles. The standard InChI is InChI=1S/C10H22N2O/c1-12(8-9(11)6-7-13)10-4-2-3-5-10/h9-10,13H,2-8,11H2,1H3. The smallest absolute Gasteiger partial charge is 0.0446 e. The fourth-order valence-corrected chi connectivity index (χ4v) is 2.12. The lowest BCUT2D eigenvalue weighted by atomic mass is 10.1. The molecule has 0 heterocycles. The van der Waals surface area contributed by atoms with Gasteiger partial charge in [-0.25, -0.2) is 0 Å². The van der Waals surface area contributed by atoms with Crippen LogP contribution in [0.3, 0.4) is 0 Å². The Kier molecular flexibility index (Phi) is 4.70. The van der Waals surface area contributed by atoms with Crippen LogP contribution in [0.4, 0.5) is 0 Å². The van der Waals surface area contributed by atoms with Gasteiger partial charge in [0.25, 0.3) is 0 Å². The van der Waals surface area contributed by atoms with Crippen molar-refractivity contribution < 1.29 is 5.11 Å². The molecule has 1 unspecified atom stereocenters. The molecule has 0 radical (unpaired) electrons. The molecule has 3 N–H and O–H groups in total. The minimum atomic E-state index is 0.135. The van der Waals surface area contributed by atoms with Crippen molar-refractivity contribution in [1.29, 1.82) is 0 Å². The van der Waals surface area contributed by atoms with Gasteiger partial charge in [0, 0.05) is 25.2 Å². The number of hydrogen-bond acceptors (Lipinski definition) is 3. The molecule has 0 spiro atoms. The summed E-state index contributed by atoms with van der Waals surface area (Å²) in [6.45, 7) is 1.13. The Hall–Kier alpha value is -0.120. The van der Waals surface area contributed by atoms with E-state index in [4.69, 9.17) is 10.8 Å². The SMILES string of the molecule is CN(CC(N)CCO)C1CCCC1. The summed E-state index contributed by atoms with van der Waals surface area (Å²) in [6.07, 6.45) is 6.09. The molecule has 1 atom stereocenters. The Morgan fingerprint density at radius 2 is 2.08 bits per heavy atom. The van der Waals surface area contributed by atoms with Gasteiger partial charge in [0.2, 0.25) is 0 Å². The van der Waals surface area contributed by atoms with E-state index in [9.17, 15) is 0 Å². The van der Waals surface area contributed by atoms with Crippen LogP contribution >= 0.6 is 0 Å². The van der Waals surface area contributed by atoms with Gasteiger partial charge < -0.3 is 15.7 Å². The number of aliphatic hydroxyl groups excluding tert-OH is 1. The predicted molar refractivity (Wildman–Crippen MR) is 54.6 cm³/mol. The fraction of sp³-hybridized carbons (Fsp3) is 1.00. The normalized spacial score (nSPS) is 21.2. The fourth-order valence-electron chi connectivity index (χ4n) is 2.12. The molecule has 1 fully saturated rings. The lowest BCUT2D eigenvalue weighted by molar-refractivity contribution is 0.208. The molecule has 0 aliphatic heterocycles. The van der Waals surface area contributed by atoms with Crippen LogP contribution in [-0.4, -0.2) is 42.3 Å². The van der Waals surface area contributed by atoms with Crippen molar-refractivity contribution in [3.63, 3.8) is 0 Å². The maximum Gasteiger partial charge on any atom is 0.0446 e. The highest BCUT2D eigenvalue weighted by atomic mass is 16.3. The van der Waals surface area contributed by atoms with Crippen LogP contribution in [0.2, 0.25) is 0 Å². The van der Waals surface area contributed by atoms with Gasteiger partial charge in [-0.2, -0.15) is 0 Å². The molecule has 1 aliphatic rings. The maximum atomic E-state index is 8.72. The number of hydrogen-bond donors (Lipinski definition) is 2. The zero-order valence-corrected chi connectivity index (χ0v) is 8.58. The molecule has 13 heavy (non-hydrogen) atoms. The molecule has 1 rings (SSSR count). The monoisotopic (exact) mass is 186 g/mol. The van der Waals surface area contributed by atoms with E-state index >= 15 is 0 Å². The van der Waals surface area contributed by atoms with E-state index in [0.29, 0.717) is 0 Å². The molecule has 0 amide bonds. The first-order chi connectivity index (χ1) is 6.24. The highest BCUT2D eigenvalue weighted by molar-refractivity contribution is 4.77. The van der Waals surface area contributed by atoms with Crippen molar-refractivity contribution in [1.82, 2.24) is 4.90 Å². The minimum Gasteiger partial charge on any atom is -0.396 e. The number of likely N-dealkylation sites (N-methyl/N-ethyl adjacent to an activating group) is 1. The van der Waals surface area contributed by atoms with E-state index in [1.54, 1.807) is 0 Å². The molecule has 0 aromatic rings. The van der Waals surface area contributed by atoms with Crippen molar-refractivity contribution in [2.75, 3.05) is 20.2 Å². The summed E-state index contributed by atoms with van der Waals surface area (Å²) in [6, 6.07) is 0.875. The lowest BCUT2D eigenvalue weighted by Gasteiger charge is -2.26. The third-order valence-electron chi connectivity index (χ3n) is 2.97. The predicted octanol–water partition coefficient (Wildman–Crippen LogP) is 0.570. The van der Waals surface area contributed by atoms with Gasteiger partial charge in [0.15, 0.2) is 0 Å². The molecule has 0 aromatic carbocycles. The van der Waals surface area contributed by atoms with Crippen molar-refractivity contribution >= 4 is 0 Å². The second-order valence-electron chi connectivity index (χ2n) is 4.15. The van der Waals surface area contributed by atoms with Gasteiger partial charge in [-0.3, -0.25) is 0 Å². The van der Waals surface area contributed by atoms with Gasteiger partial charge in [-0.05, 0) is 26.3 Å². The van der Waals surface area contributed by atoms with Crippen LogP contribution in [0, 0.1) is 0 Å². The first-order valence-corrected chi connectivity index (χ1v) is 5.30. The maximum absolute atomic E-state index is 8.72. The molecule has 0 aromatic heterocycles. The highest BCUT2D eigenvalue weighted by Gasteiger charge is 2.20. The van der Waals surface area contributed by atoms with E-state index in [2.05, 4.69) is 11.9 Å². The quantitative estimate of drug-likeness (QED) is 0.660. The van der Waals surface area contributed by atoms with Crippen LogP contribution < -0.4 is 5.73 Å². The zero-order chi connectivity index (χ0) is 9.68. The molecular formula is C10H22N2O. The molecule has 1 aliphatic carbocycles. The summed E-state index contributed by atoms with van der Waals surface area (Å²) in [4.78, 5) is 2.35. The van der Waals surface area contributed by atoms with Gasteiger partial charge in [0.1, 0.15) is 0 Å². The average Bonchev–Trinajstić information content (AvgIpc) is 2.55. The summed E-state index contributed by atoms with van der Waals surface area (Å²) in [5.74, 6) is 0. The Balaban J connectivity index is 2.18.